The van der Waals surface area contributed by atoms with E-state index in [1.165, 1.54) is 29.8 Å². The highest BCUT2D eigenvalue weighted by molar-refractivity contribution is 5.89. The van der Waals surface area contributed by atoms with Gasteiger partial charge >= 0.3 is 5.97 Å². The van der Waals surface area contributed by atoms with Crippen LogP contribution in [0.4, 0.5) is 5.69 Å². The topological polar surface area (TPSA) is 97.1 Å². The molecule has 0 spiro atoms. The van der Waals surface area contributed by atoms with E-state index in [9.17, 15) is 14.9 Å². The molecule has 1 saturated heterocycles. The van der Waals surface area contributed by atoms with Crippen LogP contribution in [0.1, 0.15) is 50.9 Å². The lowest BCUT2D eigenvalue weighted by atomic mass is 9.66. The van der Waals surface area contributed by atoms with Gasteiger partial charge in [0.15, 0.2) is 6.29 Å². The number of fused-ring (bicyclic) bond motifs is 1. The first kappa shape index (κ1) is 25.3. The third-order valence-corrected chi connectivity index (χ3v) is 7.28. The van der Waals surface area contributed by atoms with Crippen molar-refractivity contribution in [1.82, 2.24) is 0 Å². The van der Waals surface area contributed by atoms with Crippen LogP contribution in [0.25, 0.3) is 0 Å². The zero-order valence-corrected chi connectivity index (χ0v) is 20.3. The summed E-state index contributed by atoms with van der Waals surface area (Å²) < 4.78 is 23.9. The van der Waals surface area contributed by atoms with Crippen molar-refractivity contribution in [3.05, 3.63) is 51.6 Å². The molecule has 8 nitrogen and oxygen atoms in total. The molecular formula is C25H35NO7. The second-order valence-electron chi connectivity index (χ2n) is 9.65. The van der Waals surface area contributed by atoms with Gasteiger partial charge in [0.2, 0.25) is 0 Å². The third kappa shape index (κ3) is 5.28. The Balaban J connectivity index is 1.82. The first-order valence-electron chi connectivity index (χ1n) is 11.4. The van der Waals surface area contributed by atoms with Crippen molar-refractivity contribution in [3.8, 4) is 0 Å². The van der Waals surface area contributed by atoms with Crippen molar-refractivity contribution in [2.75, 3.05) is 20.8 Å². The Bertz CT molecular complexity index is 881. The standard InChI is InChI=1S/C25H35NO7/c1-15(2)19-12-7-16(3)20-13-21(30-5)25(4,33-24(31-6)22(19)20)14-32-23(27)17-8-10-18(11-9-17)26(28)29/h7-11,15,19-22,24H,12-14H2,1-6H3/t19-,20+,21+,22-,24-,25-/m1/s1. The number of rotatable bonds is 7. The first-order chi connectivity index (χ1) is 15.6. The summed E-state index contributed by atoms with van der Waals surface area (Å²) in [4.78, 5) is 23.0. The van der Waals surface area contributed by atoms with Gasteiger partial charge in [-0.05, 0) is 56.6 Å². The van der Waals surface area contributed by atoms with Crippen LogP contribution in [0.2, 0.25) is 0 Å². The molecule has 1 aromatic rings. The van der Waals surface area contributed by atoms with E-state index >= 15 is 0 Å². The summed E-state index contributed by atoms with van der Waals surface area (Å²) in [6.07, 6.45) is 3.26. The summed E-state index contributed by atoms with van der Waals surface area (Å²) in [6.45, 7) is 8.47. The molecule has 0 unspecified atom stereocenters. The number of nitro benzene ring substituents is 1. The fourth-order valence-electron chi connectivity index (χ4n) is 5.27. The third-order valence-electron chi connectivity index (χ3n) is 7.28. The zero-order chi connectivity index (χ0) is 24.3. The van der Waals surface area contributed by atoms with Crippen molar-refractivity contribution in [2.24, 2.45) is 23.7 Å². The Kier molecular flexibility index (Phi) is 7.92. The van der Waals surface area contributed by atoms with Gasteiger partial charge in [-0.25, -0.2) is 4.79 Å². The van der Waals surface area contributed by atoms with Crippen molar-refractivity contribution in [2.45, 2.75) is 58.5 Å². The van der Waals surface area contributed by atoms with Crippen LogP contribution in [0, 0.1) is 33.8 Å². The second kappa shape index (κ2) is 10.3. The van der Waals surface area contributed by atoms with Gasteiger partial charge in [0.05, 0.1) is 16.6 Å². The smallest absolute Gasteiger partial charge is 0.338 e. The van der Waals surface area contributed by atoms with E-state index in [1.807, 2.05) is 6.92 Å². The molecule has 3 rings (SSSR count). The maximum Gasteiger partial charge on any atom is 0.338 e. The number of carbonyl (C=O) groups is 1. The summed E-state index contributed by atoms with van der Waals surface area (Å²) in [7, 11) is 3.30. The number of nitro groups is 1. The number of non-ortho nitro benzene ring substituents is 1. The average Bonchev–Trinajstić information content (AvgIpc) is 2.92. The van der Waals surface area contributed by atoms with E-state index in [1.54, 1.807) is 14.2 Å². The SMILES string of the molecule is CO[C@@H]1O[C@](C)(COC(=O)c2ccc([N+](=O)[O-])cc2)[C@@H](OC)C[C@H]2C(C)=CC[C@H](C(C)C)[C@@H]12. The summed E-state index contributed by atoms with van der Waals surface area (Å²) in [5, 5.41) is 10.9. The molecule has 0 amide bonds. The highest BCUT2D eigenvalue weighted by atomic mass is 16.7. The molecule has 0 N–H and O–H groups in total. The predicted molar refractivity (Wildman–Crippen MR) is 123 cm³/mol. The molecule has 1 fully saturated rings. The maximum absolute atomic E-state index is 12.7. The monoisotopic (exact) mass is 461 g/mol. The van der Waals surface area contributed by atoms with Crippen molar-refractivity contribution >= 4 is 11.7 Å². The van der Waals surface area contributed by atoms with Gasteiger partial charge in [-0.1, -0.05) is 25.5 Å². The van der Waals surface area contributed by atoms with E-state index in [2.05, 4.69) is 26.8 Å². The van der Waals surface area contributed by atoms with Gasteiger partial charge in [0, 0.05) is 32.3 Å². The van der Waals surface area contributed by atoms with Crippen molar-refractivity contribution in [3.63, 3.8) is 0 Å². The molecule has 1 heterocycles. The molecule has 1 aliphatic carbocycles. The minimum Gasteiger partial charge on any atom is -0.459 e. The Labute approximate surface area is 195 Å². The molecular weight excluding hydrogens is 426 g/mol. The highest BCUT2D eigenvalue weighted by Crippen LogP contribution is 2.48. The van der Waals surface area contributed by atoms with Crippen LogP contribution in [0.5, 0.6) is 0 Å². The lowest BCUT2D eigenvalue weighted by Gasteiger charge is -2.42. The van der Waals surface area contributed by atoms with Crippen LogP contribution >= 0.6 is 0 Å². The molecule has 182 valence electrons. The summed E-state index contributed by atoms with van der Waals surface area (Å²) in [5.74, 6) is 0.717. The van der Waals surface area contributed by atoms with E-state index in [-0.39, 0.29) is 35.8 Å². The summed E-state index contributed by atoms with van der Waals surface area (Å²) in [5.41, 5.74) is 0.545. The van der Waals surface area contributed by atoms with E-state index in [0.29, 0.717) is 11.8 Å². The van der Waals surface area contributed by atoms with Crippen LogP contribution < -0.4 is 0 Å². The van der Waals surface area contributed by atoms with E-state index in [0.717, 1.165) is 12.8 Å². The normalized spacial score (nSPS) is 32.0. The number of benzene rings is 1. The molecule has 1 aromatic carbocycles. The van der Waals surface area contributed by atoms with Gasteiger partial charge in [-0.2, -0.15) is 0 Å². The van der Waals surface area contributed by atoms with Crippen LogP contribution in [-0.2, 0) is 18.9 Å². The molecule has 1 aliphatic heterocycles. The number of allylic oxidation sites excluding steroid dienone is 2. The average molecular weight is 462 g/mol. The number of esters is 1. The largest absolute Gasteiger partial charge is 0.459 e. The minimum absolute atomic E-state index is 0.0320. The molecule has 0 saturated carbocycles. The Morgan fingerprint density at radius 2 is 1.91 bits per heavy atom. The molecule has 0 radical (unpaired) electrons. The summed E-state index contributed by atoms with van der Waals surface area (Å²) in [6, 6.07) is 5.34. The van der Waals surface area contributed by atoms with Gasteiger partial charge < -0.3 is 18.9 Å². The Morgan fingerprint density at radius 1 is 1.24 bits per heavy atom. The Morgan fingerprint density at radius 3 is 2.45 bits per heavy atom. The minimum atomic E-state index is -0.926. The van der Waals surface area contributed by atoms with Crippen LogP contribution in [0.15, 0.2) is 35.9 Å². The number of ether oxygens (including phenoxy) is 4. The molecule has 8 heteroatoms. The second-order valence-corrected chi connectivity index (χ2v) is 9.65. The number of nitrogens with zero attached hydrogens (tertiary/aromatic N) is 1. The number of hydrogen-bond donors (Lipinski definition) is 0. The van der Waals surface area contributed by atoms with Gasteiger partial charge in [-0.3, -0.25) is 10.1 Å². The summed E-state index contributed by atoms with van der Waals surface area (Å²) >= 11 is 0. The molecule has 2 aliphatic rings. The maximum atomic E-state index is 12.7. The quantitative estimate of drug-likeness (QED) is 0.250. The van der Waals surface area contributed by atoms with Crippen molar-refractivity contribution < 1.29 is 28.7 Å². The first-order valence-corrected chi connectivity index (χ1v) is 11.4. The fourth-order valence-corrected chi connectivity index (χ4v) is 5.27. The molecule has 6 atom stereocenters. The lowest BCUT2D eigenvalue weighted by Crippen LogP contribution is -2.49. The predicted octanol–water partition coefficient (Wildman–Crippen LogP) is 4.77. The van der Waals surface area contributed by atoms with E-state index in [4.69, 9.17) is 18.9 Å². The van der Waals surface area contributed by atoms with Gasteiger partial charge in [0.1, 0.15) is 12.2 Å². The number of methoxy groups -OCH3 is 2. The zero-order valence-electron chi connectivity index (χ0n) is 20.3. The number of hydrogen-bond acceptors (Lipinski definition) is 7. The van der Waals surface area contributed by atoms with Crippen molar-refractivity contribution in [1.29, 1.82) is 0 Å². The lowest BCUT2D eigenvalue weighted by molar-refractivity contribution is -0.384. The highest BCUT2D eigenvalue weighted by Gasteiger charge is 2.51. The molecule has 33 heavy (non-hydrogen) atoms. The van der Waals surface area contributed by atoms with Gasteiger partial charge in [0.25, 0.3) is 5.69 Å². The van der Waals surface area contributed by atoms with Crippen LogP contribution in [0.3, 0.4) is 0 Å². The van der Waals surface area contributed by atoms with E-state index < -0.39 is 22.8 Å². The molecule has 0 aromatic heterocycles. The number of carbonyl (C=O) groups excluding carboxylic acids is 1. The van der Waals surface area contributed by atoms with Gasteiger partial charge in [-0.15, -0.1) is 0 Å². The fraction of sp³-hybridized carbons (Fsp3) is 0.640. The van der Waals surface area contributed by atoms with Crippen LogP contribution in [-0.4, -0.2) is 49.7 Å². The Hall–Kier alpha value is -2.29. The molecule has 0 bridgehead atoms.